The van der Waals surface area contributed by atoms with Gasteiger partial charge in [0.25, 0.3) is 0 Å². The molecule has 0 aliphatic rings. The molecule has 6 heteroatoms. The molecule has 0 saturated carbocycles. The van der Waals surface area contributed by atoms with Gasteiger partial charge in [0.15, 0.2) is 5.78 Å². The van der Waals surface area contributed by atoms with Gasteiger partial charge in [-0.25, -0.2) is 12.7 Å². The first kappa shape index (κ1) is 17.4. The monoisotopic (exact) mass is 349 g/mol. The molecule has 0 bridgehead atoms. The fraction of sp³-hybridized carbons (Fsp3) is 0.118. The molecule has 0 N–H and O–H groups in total. The molecule has 0 saturated heterocycles. The van der Waals surface area contributed by atoms with Crippen LogP contribution in [-0.2, 0) is 10.0 Å². The minimum atomic E-state index is -3.49. The number of carbonyl (C=O) groups is 1. The largest absolute Gasteiger partial charge is 0.289 e. The fourth-order valence-electron chi connectivity index (χ4n) is 1.87. The van der Waals surface area contributed by atoms with E-state index in [1.54, 1.807) is 18.2 Å². The third-order valence-electron chi connectivity index (χ3n) is 3.24. The normalized spacial score (nSPS) is 12.0. The Bertz CT molecular complexity index is 840. The molecular weight excluding hydrogens is 334 g/mol. The van der Waals surface area contributed by atoms with E-state index in [1.807, 2.05) is 12.1 Å². The Morgan fingerprint density at radius 2 is 1.65 bits per heavy atom. The van der Waals surface area contributed by atoms with Crippen LogP contribution in [-0.4, -0.2) is 32.6 Å². The third-order valence-corrected chi connectivity index (χ3v) is 5.41. The predicted octanol–water partition coefficient (Wildman–Crippen LogP) is 3.49. The van der Waals surface area contributed by atoms with E-state index >= 15 is 0 Å². The molecule has 0 spiro atoms. The van der Waals surface area contributed by atoms with Gasteiger partial charge in [-0.15, -0.1) is 0 Å². The molecule has 0 radical (unpaired) electrons. The topological polar surface area (TPSA) is 54.5 Å². The van der Waals surface area contributed by atoms with Crippen LogP contribution in [0, 0.1) is 0 Å². The lowest BCUT2D eigenvalue weighted by Gasteiger charge is -2.11. The zero-order valence-corrected chi connectivity index (χ0v) is 14.3. The number of nitrogens with zero attached hydrogens (tertiary/aromatic N) is 1. The van der Waals surface area contributed by atoms with E-state index in [9.17, 15) is 13.2 Å². The number of ketones is 1. The van der Waals surface area contributed by atoms with E-state index in [0.29, 0.717) is 10.6 Å². The SMILES string of the molecule is CN(C)S(=O)(=O)c1ccc(C(=O)C=Cc2ccccc2Cl)cc1. The van der Waals surface area contributed by atoms with Crippen LogP contribution < -0.4 is 0 Å². The summed E-state index contributed by atoms with van der Waals surface area (Å²) in [5.74, 6) is -0.223. The predicted molar refractivity (Wildman–Crippen MR) is 92.1 cm³/mol. The highest BCUT2D eigenvalue weighted by molar-refractivity contribution is 7.89. The molecule has 0 aliphatic heterocycles. The maximum absolute atomic E-state index is 12.1. The summed E-state index contributed by atoms with van der Waals surface area (Å²) in [6.07, 6.45) is 3.05. The van der Waals surface area contributed by atoms with Gasteiger partial charge < -0.3 is 0 Å². The van der Waals surface area contributed by atoms with Crippen LogP contribution in [0.25, 0.3) is 6.08 Å². The van der Waals surface area contributed by atoms with Gasteiger partial charge >= 0.3 is 0 Å². The fourth-order valence-corrected chi connectivity index (χ4v) is 2.97. The molecule has 120 valence electrons. The second-order valence-electron chi connectivity index (χ2n) is 5.03. The van der Waals surface area contributed by atoms with Crippen molar-refractivity contribution in [1.29, 1.82) is 0 Å². The lowest BCUT2D eigenvalue weighted by atomic mass is 10.1. The highest BCUT2D eigenvalue weighted by Crippen LogP contribution is 2.18. The summed E-state index contributed by atoms with van der Waals surface area (Å²) in [6.45, 7) is 0. The van der Waals surface area contributed by atoms with Crippen molar-refractivity contribution in [1.82, 2.24) is 4.31 Å². The quantitative estimate of drug-likeness (QED) is 0.613. The van der Waals surface area contributed by atoms with Gasteiger partial charge in [-0.1, -0.05) is 29.8 Å². The molecule has 0 atom stereocenters. The maximum atomic E-state index is 12.1. The number of halogens is 1. The van der Waals surface area contributed by atoms with Crippen LogP contribution in [0.3, 0.4) is 0 Å². The van der Waals surface area contributed by atoms with Crippen LogP contribution in [0.5, 0.6) is 0 Å². The highest BCUT2D eigenvalue weighted by atomic mass is 35.5. The van der Waals surface area contributed by atoms with Crippen molar-refractivity contribution >= 4 is 33.5 Å². The van der Waals surface area contributed by atoms with E-state index in [2.05, 4.69) is 0 Å². The molecule has 0 fully saturated rings. The summed E-state index contributed by atoms with van der Waals surface area (Å²) in [5, 5.41) is 0.559. The van der Waals surface area contributed by atoms with Gasteiger partial charge in [-0.3, -0.25) is 4.79 Å². The smallest absolute Gasteiger partial charge is 0.242 e. The lowest BCUT2D eigenvalue weighted by molar-refractivity contribution is 0.104. The van der Waals surface area contributed by atoms with Gasteiger partial charge in [0.1, 0.15) is 0 Å². The number of carbonyl (C=O) groups excluding carboxylic acids is 1. The second kappa shape index (κ2) is 7.08. The molecule has 0 unspecified atom stereocenters. The standard InChI is InChI=1S/C17H16ClNO3S/c1-19(2)23(21,22)15-10-7-14(8-11-15)17(20)12-9-13-5-3-4-6-16(13)18/h3-12H,1-2H3. The summed E-state index contributed by atoms with van der Waals surface area (Å²) >= 11 is 6.02. The zero-order chi connectivity index (χ0) is 17.0. The van der Waals surface area contributed by atoms with Crippen molar-refractivity contribution in [2.24, 2.45) is 0 Å². The molecule has 2 rings (SSSR count). The number of allylic oxidation sites excluding steroid dienone is 1. The van der Waals surface area contributed by atoms with Crippen molar-refractivity contribution in [2.45, 2.75) is 4.90 Å². The Labute approximate surface area is 141 Å². The van der Waals surface area contributed by atoms with Crippen molar-refractivity contribution < 1.29 is 13.2 Å². The molecule has 4 nitrogen and oxygen atoms in total. The van der Waals surface area contributed by atoms with Gasteiger partial charge in [0, 0.05) is 24.7 Å². The Morgan fingerprint density at radius 1 is 1.04 bits per heavy atom. The van der Waals surface area contributed by atoms with Crippen molar-refractivity contribution in [3.8, 4) is 0 Å². The third kappa shape index (κ3) is 4.07. The Hall–Kier alpha value is -1.95. The summed E-state index contributed by atoms with van der Waals surface area (Å²) in [4.78, 5) is 12.3. The van der Waals surface area contributed by atoms with Crippen LogP contribution in [0.15, 0.2) is 59.5 Å². The molecular formula is C17H16ClNO3S. The Balaban J connectivity index is 2.20. The first-order valence-corrected chi connectivity index (χ1v) is 8.63. The van der Waals surface area contributed by atoms with Gasteiger partial charge in [0.05, 0.1) is 4.90 Å². The molecule has 2 aromatic rings. The molecule has 23 heavy (non-hydrogen) atoms. The van der Waals surface area contributed by atoms with E-state index in [-0.39, 0.29) is 10.7 Å². The number of benzene rings is 2. The van der Waals surface area contributed by atoms with Crippen LogP contribution >= 0.6 is 11.6 Å². The Morgan fingerprint density at radius 3 is 2.22 bits per heavy atom. The lowest BCUT2D eigenvalue weighted by Crippen LogP contribution is -2.22. The Kier molecular flexibility index (Phi) is 5.36. The minimum Gasteiger partial charge on any atom is -0.289 e. The first-order valence-electron chi connectivity index (χ1n) is 6.82. The second-order valence-corrected chi connectivity index (χ2v) is 7.59. The van der Waals surface area contributed by atoms with Gasteiger partial charge in [0.2, 0.25) is 10.0 Å². The van der Waals surface area contributed by atoms with Crippen LogP contribution in [0.2, 0.25) is 5.02 Å². The molecule has 0 aromatic heterocycles. The summed E-state index contributed by atoms with van der Waals surface area (Å²) < 4.78 is 25.1. The summed E-state index contributed by atoms with van der Waals surface area (Å²) in [5.41, 5.74) is 1.15. The number of hydrogen-bond donors (Lipinski definition) is 0. The summed E-state index contributed by atoms with van der Waals surface area (Å²) in [7, 11) is -0.576. The minimum absolute atomic E-state index is 0.147. The average Bonchev–Trinajstić information content (AvgIpc) is 2.53. The number of hydrogen-bond acceptors (Lipinski definition) is 3. The van der Waals surface area contributed by atoms with Gasteiger partial charge in [-0.05, 0) is 48.0 Å². The van der Waals surface area contributed by atoms with Crippen LogP contribution in [0.1, 0.15) is 15.9 Å². The summed E-state index contributed by atoms with van der Waals surface area (Å²) in [6, 6.07) is 13.0. The van der Waals surface area contributed by atoms with Crippen molar-refractivity contribution in [2.75, 3.05) is 14.1 Å². The molecule has 0 heterocycles. The maximum Gasteiger partial charge on any atom is 0.242 e. The van der Waals surface area contributed by atoms with E-state index in [0.717, 1.165) is 9.87 Å². The van der Waals surface area contributed by atoms with E-state index in [1.165, 1.54) is 44.4 Å². The number of sulfonamides is 1. The average molecular weight is 350 g/mol. The molecule has 0 aliphatic carbocycles. The van der Waals surface area contributed by atoms with Crippen LogP contribution in [0.4, 0.5) is 0 Å². The first-order chi connectivity index (χ1) is 10.8. The molecule has 0 amide bonds. The molecule has 2 aromatic carbocycles. The van der Waals surface area contributed by atoms with E-state index < -0.39 is 10.0 Å². The van der Waals surface area contributed by atoms with Crippen molar-refractivity contribution in [3.05, 3.63) is 70.8 Å². The van der Waals surface area contributed by atoms with E-state index in [4.69, 9.17) is 11.6 Å². The highest BCUT2D eigenvalue weighted by Gasteiger charge is 2.17. The zero-order valence-electron chi connectivity index (χ0n) is 12.7. The van der Waals surface area contributed by atoms with Crippen molar-refractivity contribution in [3.63, 3.8) is 0 Å². The van der Waals surface area contributed by atoms with Gasteiger partial charge in [-0.2, -0.15) is 0 Å². The number of rotatable bonds is 5.